The number of rotatable bonds is 8. The highest BCUT2D eigenvalue weighted by atomic mass is 35.5. The number of amides is 1. The molecule has 174 valence electrons. The first-order valence-electron chi connectivity index (χ1n) is 10.7. The molecule has 1 heterocycles. The molecule has 34 heavy (non-hydrogen) atoms. The number of anilines is 1. The number of aromatic nitrogens is 2. The summed E-state index contributed by atoms with van der Waals surface area (Å²) in [6, 6.07) is 22.1. The van der Waals surface area contributed by atoms with Crippen LogP contribution in [0, 0.1) is 6.92 Å². The van der Waals surface area contributed by atoms with Gasteiger partial charge in [0.1, 0.15) is 5.25 Å². The largest absolute Gasteiger partial charge is 0.383 e. The van der Waals surface area contributed by atoms with Crippen LogP contribution in [0.5, 0.6) is 0 Å². The van der Waals surface area contributed by atoms with E-state index in [1.807, 2.05) is 61.5 Å². The van der Waals surface area contributed by atoms with Crippen molar-refractivity contribution in [3.05, 3.63) is 99.3 Å². The molecule has 0 fully saturated rings. The summed E-state index contributed by atoms with van der Waals surface area (Å²) in [5.74, 6) is -0.209. The number of benzene rings is 3. The first-order valence-corrected chi connectivity index (χ1v) is 12.0. The average Bonchev–Trinajstić information content (AvgIpc) is 2.84. The van der Waals surface area contributed by atoms with Gasteiger partial charge in [-0.25, -0.2) is 4.98 Å². The summed E-state index contributed by atoms with van der Waals surface area (Å²) in [6.45, 7) is 2.63. The Morgan fingerprint density at radius 2 is 1.85 bits per heavy atom. The molecule has 4 rings (SSSR count). The number of aryl methyl sites for hydroxylation is 1. The molecule has 0 radical (unpaired) electrons. The van der Waals surface area contributed by atoms with Crippen LogP contribution in [0.4, 0.5) is 5.69 Å². The summed E-state index contributed by atoms with van der Waals surface area (Å²) in [6.07, 6.45) is 0. The van der Waals surface area contributed by atoms with Gasteiger partial charge in [-0.2, -0.15) is 0 Å². The molecule has 0 bridgehead atoms. The molecular formula is C26H24ClN3O3S. The number of fused-ring (bicyclic) bond motifs is 1. The minimum absolute atomic E-state index is 0.202. The number of ether oxygens (including phenoxy) is 1. The minimum atomic E-state index is -0.639. The van der Waals surface area contributed by atoms with Crippen LogP contribution >= 0.6 is 23.4 Å². The molecule has 0 saturated carbocycles. The lowest BCUT2D eigenvalue weighted by Gasteiger charge is -2.19. The molecule has 0 aliphatic rings. The standard InChI is InChI=1S/C26H24ClN3O3S/c1-17-8-11-20(12-9-17)28-24(31)23(18-6-4-3-5-7-18)34-26-29-22-16-19(27)10-13-21(22)25(32)30(26)14-15-33-2/h3-13,16,23H,14-15H2,1-2H3,(H,28,31). The molecule has 0 aliphatic heterocycles. The zero-order valence-corrected chi connectivity index (χ0v) is 20.4. The predicted octanol–water partition coefficient (Wildman–Crippen LogP) is 5.48. The number of nitrogens with zero attached hydrogens (tertiary/aromatic N) is 2. The fourth-order valence-corrected chi connectivity index (χ4v) is 4.78. The van der Waals surface area contributed by atoms with E-state index in [1.54, 1.807) is 29.9 Å². The maximum absolute atomic E-state index is 13.4. The van der Waals surface area contributed by atoms with E-state index in [0.29, 0.717) is 39.9 Å². The van der Waals surface area contributed by atoms with Gasteiger partial charge in [-0.15, -0.1) is 0 Å². The quantitative estimate of drug-likeness (QED) is 0.260. The number of halogens is 1. The van der Waals surface area contributed by atoms with Crippen molar-refractivity contribution in [2.45, 2.75) is 23.9 Å². The Balaban J connectivity index is 1.77. The zero-order chi connectivity index (χ0) is 24.1. The normalized spacial score (nSPS) is 12.0. The summed E-state index contributed by atoms with van der Waals surface area (Å²) < 4.78 is 6.77. The number of thioether (sulfide) groups is 1. The highest BCUT2D eigenvalue weighted by molar-refractivity contribution is 8.00. The number of carbonyl (C=O) groups excluding carboxylic acids is 1. The van der Waals surface area contributed by atoms with Gasteiger partial charge in [-0.05, 0) is 42.8 Å². The first-order chi connectivity index (χ1) is 16.5. The molecule has 0 saturated heterocycles. The Morgan fingerprint density at radius 1 is 1.12 bits per heavy atom. The molecule has 4 aromatic rings. The van der Waals surface area contributed by atoms with E-state index in [9.17, 15) is 9.59 Å². The third-order valence-corrected chi connectivity index (χ3v) is 6.76. The van der Waals surface area contributed by atoms with Crippen LogP contribution in [-0.4, -0.2) is 29.2 Å². The maximum atomic E-state index is 13.4. The van der Waals surface area contributed by atoms with E-state index in [4.69, 9.17) is 21.3 Å². The molecule has 1 N–H and O–H groups in total. The van der Waals surface area contributed by atoms with Crippen LogP contribution in [0.3, 0.4) is 0 Å². The number of carbonyl (C=O) groups is 1. The fraction of sp³-hybridized carbons (Fsp3) is 0.192. The van der Waals surface area contributed by atoms with Crippen LogP contribution in [0.1, 0.15) is 16.4 Å². The van der Waals surface area contributed by atoms with Gasteiger partial charge in [0.2, 0.25) is 5.91 Å². The van der Waals surface area contributed by atoms with E-state index in [-0.39, 0.29) is 11.5 Å². The number of nitrogens with one attached hydrogen (secondary N) is 1. The Bertz CT molecular complexity index is 1360. The van der Waals surface area contributed by atoms with Crippen LogP contribution in [-0.2, 0) is 16.1 Å². The van der Waals surface area contributed by atoms with Gasteiger partial charge in [0, 0.05) is 17.8 Å². The van der Waals surface area contributed by atoms with E-state index in [1.165, 1.54) is 11.8 Å². The molecule has 8 heteroatoms. The highest BCUT2D eigenvalue weighted by Crippen LogP contribution is 2.35. The van der Waals surface area contributed by atoms with Gasteiger partial charge in [0.05, 0.1) is 24.1 Å². The van der Waals surface area contributed by atoms with Crippen molar-refractivity contribution < 1.29 is 9.53 Å². The number of hydrogen-bond donors (Lipinski definition) is 1. The number of hydrogen-bond acceptors (Lipinski definition) is 5. The summed E-state index contributed by atoms with van der Waals surface area (Å²) in [4.78, 5) is 31.4. The van der Waals surface area contributed by atoms with Crippen LogP contribution in [0.25, 0.3) is 10.9 Å². The number of methoxy groups -OCH3 is 1. The Kier molecular flexibility index (Phi) is 7.67. The van der Waals surface area contributed by atoms with Crippen molar-refractivity contribution >= 4 is 45.9 Å². The first kappa shape index (κ1) is 24.0. The zero-order valence-electron chi connectivity index (χ0n) is 18.8. The van der Waals surface area contributed by atoms with E-state index >= 15 is 0 Å². The van der Waals surface area contributed by atoms with Crippen molar-refractivity contribution in [1.82, 2.24) is 9.55 Å². The van der Waals surface area contributed by atoms with Crippen molar-refractivity contribution in [2.75, 3.05) is 19.0 Å². The molecule has 6 nitrogen and oxygen atoms in total. The second-order valence-corrected chi connectivity index (χ2v) is 9.28. The molecule has 3 aromatic carbocycles. The second kappa shape index (κ2) is 10.9. The van der Waals surface area contributed by atoms with Crippen molar-refractivity contribution in [2.24, 2.45) is 0 Å². The summed E-state index contributed by atoms with van der Waals surface area (Å²) in [5.41, 5.74) is 2.89. The molecule has 1 amide bonds. The molecule has 0 aliphatic carbocycles. The van der Waals surface area contributed by atoms with Crippen molar-refractivity contribution in [1.29, 1.82) is 0 Å². The van der Waals surface area contributed by atoms with Gasteiger partial charge in [-0.3, -0.25) is 14.2 Å². The summed E-state index contributed by atoms with van der Waals surface area (Å²) >= 11 is 7.39. The lowest BCUT2D eigenvalue weighted by Crippen LogP contribution is -2.27. The third-order valence-electron chi connectivity index (χ3n) is 5.28. The molecule has 0 spiro atoms. The topological polar surface area (TPSA) is 73.2 Å². The van der Waals surface area contributed by atoms with Gasteiger partial charge >= 0.3 is 0 Å². The smallest absolute Gasteiger partial charge is 0.262 e. The van der Waals surface area contributed by atoms with E-state index in [2.05, 4.69) is 5.32 Å². The lowest BCUT2D eigenvalue weighted by molar-refractivity contribution is -0.115. The van der Waals surface area contributed by atoms with Crippen LogP contribution < -0.4 is 10.9 Å². The van der Waals surface area contributed by atoms with Gasteiger partial charge in [-0.1, -0.05) is 71.4 Å². The highest BCUT2D eigenvalue weighted by Gasteiger charge is 2.25. The Hall–Kier alpha value is -3.13. The molecular weight excluding hydrogens is 470 g/mol. The third kappa shape index (κ3) is 5.50. The van der Waals surface area contributed by atoms with Crippen LogP contribution in [0.15, 0.2) is 82.7 Å². The van der Waals surface area contributed by atoms with Gasteiger partial charge in [0.25, 0.3) is 5.56 Å². The minimum Gasteiger partial charge on any atom is -0.383 e. The Labute approximate surface area is 206 Å². The fourth-order valence-electron chi connectivity index (χ4n) is 3.49. The molecule has 1 aromatic heterocycles. The van der Waals surface area contributed by atoms with E-state index in [0.717, 1.165) is 11.1 Å². The summed E-state index contributed by atoms with van der Waals surface area (Å²) in [5, 5.41) is 3.72. The van der Waals surface area contributed by atoms with Gasteiger partial charge in [0.15, 0.2) is 5.16 Å². The van der Waals surface area contributed by atoms with Crippen molar-refractivity contribution in [3.63, 3.8) is 0 Å². The monoisotopic (exact) mass is 493 g/mol. The van der Waals surface area contributed by atoms with Crippen LogP contribution in [0.2, 0.25) is 5.02 Å². The summed E-state index contributed by atoms with van der Waals surface area (Å²) in [7, 11) is 1.58. The van der Waals surface area contributed by atoms with Crippen molar-refractivity contribution in [3.8, 4) is 0 Å². The Morgan fingerprint density at radius 3 is 2.56 bits per heavy atom. The predicted molar refractivity (Wildman–Crippen MR) is 138 cm³/mol. The lowest BCUT2D eigenvalue weighted by atomic mass is 10.1. The van der Waals surface area contributed by atoms with Gasteiger partial charge < -0.3 is 10.1 Å². The molecule has 1 atom stereocenters. The SMILES string of the molecule is COCCn1c(SC(C(=O)Nc2ccc(C)cc2)c2ccccc2)nc2cc(Cl)ccc2c1=O. The van der Waals surface area contributed by atoms with E-state index < -0.39 is 5.25 Å². The maximum Gasteiger partial charge on any atom is 0.262 e. The average molecular weight is 494 g/mol. The molecule has 1 unspecified atom stereocenters. The second-order valence-electron chi connectivity index (χ2n) is 7.77.